The molecule has 2 fully saturated rings. The van der Waals surface area contributed by atoms with Crippen LogP contribution in [0.4, 0.5) is 17.6 Å². The highest BCUT2D eigenvalue weighted by Gasteiger charge is 2.26. The number of rotatable bonds is 6. The number of ether oxygens (including phenoxy) is 3. The zero-order valence-electron chi connectivity index (χ0n) is 20.3. The van der Waals surface area contributed by atoms with Crippen LogP contribution in [0, 0.1) is 0 Å². The van der Waals surface area contributed by atoms with Gasteiger partial charge >= 0.3 is 5.97 Å². The van der Waals surface area contributed by atoms with Gasteiger partial charge in [-0.15, -0.1) is 0 Å². The number of nitrogens with one attached hydrogen (secondary N) is 2. The second kappa shape index (κ2) is 10.0. The lowest BCUT2D eigenvalue weighted by atomic mass is 10.2. The summed E-state index contributed by atoms with van der Waals surface area (Å²) in [7, 11) is 1.36. The van der Waals surface area contributed by atoms with Gasteiger partial charge in [0.2, 0.25) is 5.95 Å². The fraction of sp³-hybridized carbons (Fsp3) is 0.500. The Morgan fingerprint density at radius 1 is 1.14 bits per heavy atom. The van der Waals surface area contributed by atoms with Crippen molar-refractivity contribution in [2.45, 2.75) is 32.6 Å². The van der Waals surface area contributed by atoms with Crippen LogP contribution in [0.5, 0.6) is 0 Å². The summed E-state index contributed by atoms with van der Waals surface area (Å²) in [5.74, 6) is 1.85. The molecule has 0 bridgehead atoms. The number of carbonyl (C=O) groups is 1. The van der Waals surface area contributed by atoms with E-state index in [1.165, 1.54) is 7.11 Å². The van der Waals surface area contributed by atoms with Crippen LogP contribution in [-0.4, -0.2) is 84.6 Å². The number of aromatic nitrogens is 4. The van der Waals surface area contributed by atoms with E-state index in [-0.39, 0.29) is 12.2 Å². The third kappa shape index (κ3) is 5.15. The van der Waals surface area contributed by atoms with Crippen LogP contribution in [0.3, 0.4) is 0 Å². The lowest BCUT2D eigenvalue weighted by Crippen LogP contribution is -2.46. The van der Waals surface area contributed by atoms with Crippen LogP contribution >= 0.6 is 0 Å². The Kier molecular flexibility index (Phi) is 6.69. The van der Waals surface area contributed by atoms with E-state index in [2.05, 4.69) is 33.9 Å². The number of morpholine rings is 2. The van der Waals surface area contributed by atoms with Gasteiger partial charge in [-0.05, 0) is 37.6 Å². The average Bonchev–Trinajstić information content (AvgIpc) is 3.35. The number of H-pyrrole nitrogens is 1. The van der Waals surface area contributed by atoms with E-state index in [4.69, 9.17) is 29.2 Å². The van der Waals surface area contributed by atoms with Crippen LogP contribution in [-0.2, 0) is 20.8 Å². The number of methoxy groups -OCH3 is 1. The molecule has 3 aromatic rings. The van der Waals surface area contributed by atoms with Gasteiger partial charge in [0.25, 0.3) is 0 Å². The summed E-state index contributed by atoms with van der Waals surface area (Å²) < 4.78 is 16.2. The summed E-state index contributed by atoms with van der Waals surface area (Å²) in [6.07, 6.45) is 1.97. The Balaban J connectivity index is 1.44. The van der Waals surface area contributed by atoms with E-state index in [0.29, 0.717) is 42.9 Å². The SMILES string of the molecule is COC(=O)c1cc(CNc2ccc3c(N4CCOCC4)nc(N4CC(C)OC(C)C4)nc3n2)c[nH]1. The molecule has 0 amide bonds. The number of nitrogens with zero attached hydrogens (tertiary/aromatic N) is 5. The van der Waals surface area contributed by atoms with Crippen molar-refractivity contribution in [3.8, 4) is 0 Å². The van der Waals surface area contributed by atoms with Gasteiger partial charge in [0.1, 0.15) is 17.3 Å². The highest BCUT2D eigenvalue weighted by Crippen LogP contribution is 2.29. The van der Waals surface area contributed by atoms with Crippen molar-refractivity contribution in [1.29, 1.82) is 0 Å². The van der Waals surface area contributed by atoms with E-state index in [1.807, 2.05) is 12.1 Å². The van der Waals surface area contributed by atoms with Gasteiger partial charge in [0.15, 0.2) is 5.65 Å². The molecule has 0 spiro atoms. The van der Waals surface area contributed by atoms with Crippen molar-refractivity contribution in [3.05, 3.63) is 35.7 Å². The molecule has 186 valence electrons. The number of esters is 1. The summed E-state index contributed by atoms with van der Waals surface area (Å²) in [4.78, 5) is 33.7. The van der Waals surface area contributed by atoms with Crippen LogP contribution in [0.25, 0.3) is 11.0 Å². The van der Waals surface area contributed by atoms with Crippen LogP contribution in [0.15, 0.2) is 24.4 Å². The Morgan fingerprint density at radius 2 is 1.91 bits per heavy atom. The standard InChI is InChI=1S/C24H31N7O4/c1-15-13-31(14-16(2)35-15)24-28-21-18(22(29-24)30-6-8-34-9-7-30)4-5-20(27-21)26-12-17-10-19(25-11-17)23(32)33-3/h4-5,10-11,15-16,25H,6-9,12-14H2,1-3H3,(H,26,27,28,29). The van der Waals surface area contributed by atoms with Crippen molar-refractivity contribution >= 4 is 34.6 Å². The molecular formula is C24H31N7O4. The minimum Gasteiger partial charge on any atom is -0.464 e. The first-order valence-electron chi connectivity index (χ1n) is 11.9. The van der Waals surface area contributed by atoms with Crippen LogP contribution in [0.2, 0.25) is 0 Å². The Bertz CT molecular complexity index is 1180. The minimum absolute atomic E-state index is 0.0991. The van der Waals surface area contributed by atoms with Gasteiger partial charge in [0.05, 0.1) is 37.9 Å². The molecule has 11 nitrogen and oxygen atoms in total. The van der Waals surface area contributed by atoms with Gasteiger partial charge in [-0.1, -0.05) is 0 Å². The normalized spacial score (nSPS) is 20.8. The highest BCUT2D eigenvalue weighted by molar-refractivity contribution is 5.89. The fourth-order valence-electron chi connectivity index (χ4n) is 4.54. The first-order valence-corrected chi connectivity index (χ1v) is 11.9. The Morgan fingerprint density at radius 3 is 2.66 bits per heavy atom. The van der Waals surface area contributed by atoms with Crippen molar-refractivity contribution < 1.29 is 19.0 Å². The maximum Gasteiger partial charge on any atom is 0.354 e. The van der Waals surface area contributed by atoms with Crippen molar-refractivity contribution in [3.63, 3.8) is 0 Å². The van der Waals surface area contributed by atoms with E-state index in [1.54, 1.807) is 12.3 Å². The molecule has 2 N–H and O–H groups in total. The summed E-state index contributed by atoms with van der Waals surface area (Å²) in [5.41, 5.74) is 1.97. The molecule has 0 radical (unpaired) electrons. The number of fused-ring (bicyclic) bond motifs is 1. The number of hydrogen-bond acceptors (Lipinski definition) is 10. The van der Waals surface area contributed by atoms with Crippen molar-refractivity contribution in [2.75, 3.05) is 61.6 Å². The highest BCUT2D eigenvalue weighted by atomic mass is 16.5. The first kappa shape index (κ1) is 23.3. The largest absolute Gasteiger partial charge is 0.464 e. The molecule has 35 heavy (non-hydrogen) atoms. The van der Waals surface area contributed by atoms with Gasteiger partial charge in [-0.25, -0.2) is 9.78 Å². The quantitative estimate of drug-likeness (QED) is 0.507. The molecule has 5 heterocycles. The molecule has 2 aliphatic rings. The number of pyridine rings is 1. The molecule has 5 rings (SSSR count). The maximum atomic E-state index is 11.7. The van der Waals surface area contributed by atoms with Crippen LogP contribution < -0.4 is 15.1 Å². The maximum absolute atomic E-state index is 11.7. The van der Waals surface area contributed by atoms with Gasteiger partial charge in [0, 0.05) is 38.9 Å². The lowest BCUT2D eigenvalue weighted by molar-refractivity contribution is -0.00570. The van der Waals surface area contributed by atoms with Crippen molar-refractivity contribution in [2.24, 2.45) is 0 Å². The second-order valence-corrected chi connectivity index (χ2v) is 8.94. The van der Waals surface area contributed by atoms with E-state index in [0.717, 1.165) is 42.9 Å². The van der Waals surface area contributed by atoms with E-state index in [9.17, 15) is 4.79 Å². The predicted molar refractivity (Wildman–Crippen MR) is 132 cm³/mol. The zero-order chi connectivity index (χ0) is 24.4. The molecule has 0 aliphatic carbocycles. The second-order valence-electron chi connectivity index (χ2n) is 8.94. The number of aromatic amines is 1. The molecule has 2 saturated heterocycles. The lowest BCUT2D eigenvalue weighted by Gasteiger charge is -2.36. The summed E-state index contributed by atoms with van der Waals surface area (Å²) >= 11 is 0. The number of carbonyl (C=O) groups excluding carboxylic acids is 1. The van der Waals surface area contributed by atoms with Crippen molar-refractivity contribution in [1.82, 2.24) is 19.9 Å². The number of anilines is 3. The van der Waals surface area contributed by atoms with Gasteiger partial charge in [-0.3, -0.25) is 0 Å². The summed E-state index contributed by atoms with van der Waals surface area (Å²) in [6, 6.07) is 5.71. The first-order chi connectivity index (χ1) is 17.0. The van der Waals surface area contributed by atoms with Gasteiger partial charge < -0.3 is 34.3 Å². The Hall–Kier alpha value is -3.44. The van der Waals surface area contributed by atoms with Gasteiger partial charge in [-0.2, -0.15) is 9.97 Å². The van der Waals surface area contributed by atoms with Crippen LogP contribution in [0.1, 0.15) is 29.9 Å². The smallest absolute Gasteiger partial charge is 0.354 e. The zero-order valence-corrected chi connectivity index (χ0v) is 20.3. The third-order valence-electron chi connectivity index (χ3n) is 6.16. The molecule has 11 heteroatoms. The fourth-order valence-corrected chi connectivity index (χ4v) is 4.54. The molecule has 0 aromatic carbocycles. The predicted octanol–water partition coefficient (Wildman–Crippen LogP) is 2.20. The molecule has 2 aliphatic heterocycles. The topological polar surface area (TPSA) is 118 Å². The molecular weight excluding hydrogens is 450 g/mol. The third-order valence-corrected chi connectivity index (χ3v) is 6.16. The average molecular weight is 482 g/mol. The Labute approximate surface area is 203 Å². The molecule has 2 unspecified atom stereocenters. The number of hydrogen-bond donors (Lipinski definition) is 2. The molecule has 0 saturated carbocycles. The molecule has 2 atom stereocenters. The molecule has 3 aromatic heterocycles. The summed E-state index contributed by atoms with van der Waals surface area (Å²) in [5, 5.41) is 4.23. The van der Waals surface area contributed by atoms with E-state index >= 15 is 0 Å². The minimum atomic E-state index is -0.397. The monoisotopic (exact) mass is 481 g/mol. The van der Waals surface area contributed by atoms with E-state index < -0.39 is 5.97 Å². The summed E-state index contributed by atoms with van der Waals surface area (Å²) in [6.45, 7) is 8.99.